The van der Waals surface area contributed by atoms with Crippen molar-refractivity contribution in [3.63, 3.8) is 0 Å². The van der Waals surface area contributed by atoms with Gasteiger partial charge in [0, 0.05) is 11.9 Å². The summed E-state index contributed by atoms with van der Waals surface area (Å²) in [6.45, 7) is 2.67. The first kappa shape index (κ1) is 21.4. The zero-order valence-corrected chi connectivity index (χ0v) is 16.1. The van der Waals surface area contributed by atoms with E-state index >= 15 is 0 Å². The number of nitrogens with one attached hydrogen (secondary N) is 2. The van der Waals surface area contributed by atoms with Crippen molar-refractivity contribution in [2.24, 2.45) is 0 Å². The molecule has 1 aliphatic rings. The van der Waals surface area contributed by atoms with Crippen LogP contribution < -0.4 is 10.6 Å². The molecule has 0 saturated carbocycles. The summed E-state index contributed by atoms with van der Waals surface area (Å²) in [5, 5.41) is 5.76. The summed E-state index contributed by atoms with van der Waals surface area (Å²) in [6, 6.07) is 4.74. The van der Waals surface area contributed by atoms with E-state index in [-0.39, 0.29) is 25.2 Å². The van der Waals surface area contributed by atoms with Crippen molar-refractivity contribution in [2.45, 2.75) is 24.5 Å². The third-order valence-electron chi connectivity index (χ3n) is 4.42. The largest absolute Gasteiger partial charge is 0.465 e. The average Bonchev–Trinajstić information content (AvgIpc) is 2.54. The van der Waals surface area contributed by atoms with Crippen LogP contribution in [0.25, 0.3) is 0 Å². The first-order valence-corrected chi connectivity index (χ1v) is 9.51. The van der Waals surface area contributed by atoms with Crippen molar-refractivity contribution in [1.82, 2.24) is 5.32 Å². The number of hydrogen-bond donors (Lipinski definition) is 2. The van der Waals surface area contributed by atoms with Gasteiger partial charge in [0.1, 0.15) is 0 Å². The summed E-state index contributed by atoms with van der Waals surface area (Å²) in [5.41, 5.74) is 1.49. The van der Waals surface area contributed by atoms with E-state index in [0.717, 1.165) is 6.26 Å². The van der Waals surface area contributed by atoms with Crippen molar-refractivity contribution in [3.05, 3.63) is 29.3 Å². The molecule has 7 nitrogen and oxygen atoms in total. The average molecular weight is 391 g/mol. The molecule has 1 amide bonds. The van der Waals surface area contributed by atoms with E-state index in [0.29, 0.717) is 29.9 Å². The molecule has 1 aliphatic heterocycles. The second kappa shape index (κ2) is 8.16. The number of anilines is 1. The van der Waals surface area contributed by atoms with E-state index in [1.54, 1.807) is 25.1 Å². The summed E-state index contributed by atoms with van der Waals surface area (Å²) in [4.78, 5) is 24.3. The number of halogens is 1. The highest BCUT2D eigenvalue weighted by molar-refractivity contribution is 7.92. The molecule has 1 aromatic rings. The lowest BCUT2D eigenvalue weighted by atomic mass is 9.95. The molecule has 0 aromatic heterocycles. The highest BCUT2D eigenvalue weighted by Crippen LogP contribution is 2.29. The Morgan fingerprint density at radius 1 is 1.24 bits per heavy atom. The molecule has 0 radical (unpaired) electrons. The molecule has 0 atom stereocenters. The summed E-state index contributed by atoms with van der Waals surface area (Å²) < 4.78 is 27.7. The molecule has 1 fully saturated rings. The minimum Gasteiger partial charge on any atom is -0.465 e. The summed E-state index contributed by atoms with van der Waals surface area (Å²) in [6.07, 6.45) is 1.57. The lowest BCUT2D eigenvalue weighted by Crippen LogP contribution is -2.55. The number of sulfone groups is 1. The number of benzene rings is 1. The highest BCUT2D eigenvalue weighted by atomic mass is 35.5. The molecule has 25 heavy (non-hydrogen) atoms. The first-order valence-electron chi connectivity index (χ1n) is 7.62. The van der Waals surface area contributed by atoms with E-state index in [1.807, 2.05) is 0 Å². The molecule has 2 rings (SSSR count). The van der Waals surface area contributed by atoms with Crippen LogP contribution in [-0.4, -0.2) is 51.5 Å². The predicted octanol–water partition coefficient (Wildman–Crippen LogP) is 1.31. The monoisotopic (exact) mass is 390 g/mol. The SMILES string of the molecule is COC(=O)c1ccc(NC(=O)C2(S(C)(=O)=O)CCNCC2)cc1C.Cl. The first-order chi connectivity index (χ1) is 11.2. The second-order valence-corrected chi connectivity index (χ2v) is 8.32. The number of piperidine rings is 1. The standard InChI is InChI=1S/C16H22N2O5S.ClH/c1-11-10-12(4-5-13(11)14(19)23-2)18-15(20)16(24(3,21)22)6-8-17-9-7-16;/h4-5,10,17H,6-9H2,1-3H3,(H,18,20);1H. The van der Waals surface area contributed by atoms with Gasteiger partial charge in [-0.1, -0.05) is 0 Å². The minimum absolute atomic E-state index is 0. The van der Waals surface area contributed by atoms with Gasteiger partial charge in [0.15, 0.2) is 14.6 Å². The molecule has 0 aliphatic carbocycles. The Balaban J connectivity index is 0.00000312. The number of methoxy groups -OCH3 is 1. The molecule has 1 saturated heterocycles. The number of carbonyl (C=O) groups excluding carboxylic acids is 2. The fourth-order valence-electron chi connectivity index (χ4n) is 2.92. The number of amides is 1. The third-order valence-corrected chi connectivity index (χ3v) is 6.44. The van der Waals surface area contributed by atoms with Crippen molar-refractivity contribution >= 4 is 39.8 Å². The van der Waals surface area contributed by atoms with Crippen LogP contribution in [0.15, 0.2) is 18.2 Å². The summed E-state index contributed by atoms with van der Waals surface area (Å²) >= 11 is 0. The van der Waals surface area contributed by atoms with Crippen LogP contribution in [0.5, 0.6) is 0 Å². The van der Waals surface area contributed by atoms with E-state index in [9.17, 15) is 18.0 Å². The Kier molecular flexibility index (Phi) is 6.99. The number of ether oxygens (including phenoxy) is 1. The predicted molar refractivity (Wildman–Crippen MR) is 98.1 cm³/mol. The maximum Gasteiger partial charge on any atom is 0.338 e. The molecule has 140 valence electrons. The highest BCUT2D eigenvalue weighted by Gasteiger charge is 2.48. The van der Waals surface area contributed by atoms with Crippen LogP contribution in [0.4, 0.5) is 5.69 Å². The Hall–Kier alpha value is -1.64. The van der Waals surface area contributed by atoms with E-state index in [2.05, 4.69) is 15.4 Å². The van der Waals surface area contributed by atoms with Crippen LogP contribution in [0.2, 0.25) is 0 Å². The van der Waals surface area contributed by atoms with E-state index in [4.69, 9.17) is 0 Å². The summed E-state index contributed by atoms with van der Waals surface area (Å²) in [5.74, 6) is -0.993. The van der Waals surface area contributed by atoms with Gasteiger partial charge in [0.05, 0.1) is 12.7 Å². The van der Waals surface area contributed by atoms with Gasteiger partial charge >= 0.3 is 5.97 Å². The molecule has 1 aromatic carbocycles. The molecule has 0 unspecified atom stereocenters. The number of aryl methyl sites for hydroxylation is 1. The van der Waals surface area contributed by atoms with E-state index < -0.39 is 26.5 Å². The van der Waals surface area contributed by atoms with E-state index in [1.165, 1.54) is 7.11 Å². The Morgan fingerprint density at radius 3 is 2.32 bits per heavy atom. The van der Waals surface area contributed by atoms with Gasteiger partial charge in [-0.3, -0.25) is 4.79 Å². The second-order valence-electron chi connectivity index (χ2n) is 5.99. The van der Waals surface area contributed by atoms with Crippen molar-refractivity contribution in [1.29, 1.82) is 0 Å². The van der Waals surface area contributed by atoms with Crippen LogP contribution in [0.1, 0.15) is 28.8 Å². The van der Waals surface area contributed by atoms with Gasteiger partial charge < -0.3 is 15.4 Å². The molecule has 2 N–H and O–H groups in total. The molecule has 0 spiro atoms. The van der Waals surface area contributed by atoms with Gasteiger partial charge in [-0.15, -0.1) is 12.4 Å². The summed E-state index contributed by atoms with van der Waals surface area (Å²) in [7, 11) is -2.27. The lowest BCUT2D eigenvalue weighted by Gasteiger charge is -2.34. The molecule has 1 heterocycles. The zero-order chi connectivity index (χ0) is 18.0. The number of hydrogen-bond acceptors (Lipinski definition) is 6. The maximum absolute atomic E-state index is 12.7. The Morgan fingerprint density at radius 2 is 1.84 bits per heavy atom. The molecular formula is C16H23ClN2O5S. The van der Waals surface area contributed by atoms with Crippen molar-refractivity contribution in [3.8, 4) is 0 Å². The van der Waals surface area contributed by atoms with Crippen molar-refractivity contribution < 1.29 is 22.7 Å². The topological polar surface area (TPSA) is 102 Å². The fraction of sp³-hybridized carbons (Fsp3) is 0.500. The van der Waals surface area contributed by atoms with Crippen LogP contribution >= 0.6 is 12.4 Å². The molecule has 0 bridgehead atoms. The number of rotatable bonds is 4. The van der Waals surface area contributed by atoms with Crippen LogP contribution in [-0.2, 0) is 19.4 Å². The van der Waals surface area contributed by atoms with Gasteiger partial charge in [0.25, 0.3) is 0 Å². The van der Waals surface area contributed by atoms with Gasteiger partial charge in [-0.25, -0.2) is 13.2 Å². The smallest absolute Gasteiger partial charge is 0.338 e. The minimum atomic E-state index is -3.57. The molecular weight excluding hydrogens is 368 g/mol. The van der Waals surface area contributed by atoms with Gasteiger partial charge in [-0.05, 0) is 56.6 Å². The van der Waals surface area contributed by atoms with Crippen molar-refractivity contribution in [2.75, 3.05) is 31.8 Å². The third kappa shape index (κ3) is 4.31. The fourth-order valence-corrected chi connectivity index (χ4v) is 4.26. The quantitative estimate of drug-likeness (QED) is 0.751. The Bertz CT molecular complexity index is 758. The van der Waals surface area contributed by atoms with Crippen LogP contribution in [0.3, 0.4) is 0 Å². The Labute approximate surface area is 153 Å². The zero-order valence-electron chi connectivity index (χ0n) is 14.4. The lowest BCUT2D eigenvalue weighted by molar-refractivity contribution is -0.119. The molecule has 9 heteroatoms. The van der Waals surface area contributed by atoms with Gasteiger partial charge in [0.2, 0.25) is 5.91 Å². The van der Waals surface area contributed by atoms with Gasteiger partial charge in [-0.2, -0.15) is 0 Å². The number of carbonyl (C=O) groups is 2. The maximum atomic E-state index is 12.7. The number of esters is 1. The normalized spacial score (nSPS) is 16.4. The van der Waals surface area contributed by atoms with Crippen LogP contribution in [0, 0.1) is 6.92 Å².